The summed E-state index contributed by atoms with van der Waals surface area (Å²) in [4.78, 5) is 0. The summed E-state index contributed by atoms with van der Waals surface area (Å²) in [6, 6.07) is 0.918. The smallest absolute Gasteiger partial charge is 0.0124 e. The lowest BCUT2D eigenvalue weighted by molar-refractivity contribution is 0.369. The molecule has 0 aromatic rings. The number of nitrogens with one attached hydrogen (secondary N) is 1. The van der Waals surface area contributed by atoms with E-state index in [2.05, 4.69) is 12.2 Å². The Morgan fingerprint density at radius 2 is 1.67 bits per heavy atom. The highest BCUT2D eigenvalue weighted by molar-refractivity contribution is 4.96. The second-order valence-electron chi connectivity index (χ2n) is 6.39. The summed E-state index contributed by atoms with van der Waals surface area (Å²) in [5.74, 6) is 4.13. The van der Waals surface area contributed by atoms with Gasteiger partial charge in [-0.05, 0) is 68.7 Å². The molecule has 86 valence electrons. The Labute approximate surface area is 94.0 Å². The van der Waals surface area contributed by atoms with Crippen molar-refractivity contribution in [3.8, 4) is 0 Å². The van der Waals surface area contributed by atoms with Crippen LogP contribution in [0.3, 0.4) is 0 Å². The zero-order valence-electron chi connectivity index (χ0n) is 10.0. The maximum absolute atomic E-state index is 3.91. The zero-order valence-corrected chi connectivity index (χ0v) is 10.0. The molecule has 3 aliphatic carbocycles. The molecule has 0 bridgehead atoms. The van der Waals surface area contributed by atoms with Gasteiger partial charge in [0.15, 0.2) is 0 Å². The van der Waals surface area contributed by atoms with Gasteiger partial charge in [-0.2, -0.15) is 0 Å². The van der Waals surface area contributed by atoms with Crippen LogP contribution in [0.2, 0.25) is 0 Å². The van der Waals surface area contributed by atoms with Gasteiger partial charge in [0.2, 0.25) is 0 Å². The molecule has 2 unspecified atom stereocenters. The van der Waals surface area contributed by atoms with Gasteiger partial charge >= 0.3 is 0 Å². The predicted octanol–water partition coefficient (Wildman–Crippen LogP) is 3.20. The summed E-state index contributed by atoms with van der Waals surface area (Å²) >= 11 is 0. The third-order valence-corrected chi connectivity index (χ3v) is 4.71. The van der Waals surface area contributed by atoms with Crippen LogP contribution in [0.15, 0.2) is 0 Å². The van der Waals surface area contributed by atoms with Crippen molar-refractivity contribution in [1.82, 2.24) is 5.32 Å². The van der Waals surface area contributed by atoms with E-state index in [9.17, 15) is 0 Å². The molecular weight excluding hydrogens is 182 g/mol. The van der Waals surface area contributed by atoms with Gasteiger partial charge in [-0.15, -0.1) is 0 Å². The van der Waals surface area contributed by atoms with Crippen LogP contribution >= 0.6 is 0 Å². The highest BCUT2D eigenvalue weighted by Crippen LogP contribution is 2.44. The molecule has 3 saturated carbocycles. The predicted molar refractivity (Wildman–Crippen MR) is 63.7 cm³/mol. The minimum Gasteiger partial charge on any atom is -0.313 e. The van der Waals surface area contributed by atoms with E-state index in [-0.39, 0.29) is 0 Å². The molecule has 0 saturated heterocycles. The maximum atomic E-state index is 3.91. The van der Waals surface area contributed by atoms with E-state index >= 15 is 0 Å². The molecule has 0 heterocycles. The van der Waals surface area contributed by atoms with E-state index in [1.54, 1.807) is 0 Å². The number of hydrogen-bond donors (Lipinski definition) is 1. The summed E-state index contributed by atoms with van der Waals surface area (Å²) in [5.41, 5.74) is 0. The molecule has 1 heteroatoms. The minimum absolute atomic E-state index is 0.918. The van der Waals surface area contributed by atoms with Crippen LogP contribution in [0.1, 0.15) is 51.9 Å². The van der Waals surface area contributed by atoms with Crippen LogP contribution in [0.5, 0.6) is 0 Å². The molecule has 15 heavy (non-hydrogen) atoms. The summed E-state index contributed by atoms with van der Waals surface area (Å²) < 4.78 is 0. The Balaban J connectivity index is 1.43. The Morgan fingerprint density at radius 3 is 2.13 bits per heavy atom. The van der Waals surface area contributed by atoms with Crippen LogP contribution in [-0.2, 0) is 0 Å². The van der Waals surface area contributed by atoms with Crippen molar-refractivity contribution < 1.29 is 0 Å². The first kappa shape index (κ1) is 10.1. The standard InChI is InChI=1S/C14H25N/c1-10-2-3-11(8-10)9-15-14(12-4-5-12)13-6-7-13/h10-15H,2-9H2,1H3. The Kier molecular flexibility index (Phi) is 2.76. The van der Waals surface area contributed by atoms with E-state index in [0.717, 1.165) is 29.7 Å². The van der Waals surface area contributed by atoms with Crippen LogP contribution in [-0.4, -0.2) is 12.6 Å². The summed E-state index contributed by atoms with van der Waals surface area (Å²) in [6.45, 7) is 3.74. The molecule has 1 N–H and O–H groups in total. The molecule has 3 fully saturated rings. The second-order valence-corrected chi connectivity index (χ2v) is 6.39. The van der Waals surface area contributed by atoms with Gasteiger partial charge in [0, 0.05) is 6.04 Å². The van der Waals surface area contributed by atoms with E-state index in [1.807, 2.05) is 0 Å². The largest absolute Gasteiger partial charge is 0.313 e. The van der Waals surface area contributed by atoms with Gasteiger partial charge in [-0.25, -0.2) is 0 Å². The lowest BCUT2D eigenvalue weighted by atomic mass is 10.0. The zero-order chi connectivity index (χ0) is 10.3. The molecular formula is C14H25N. The summed E-state index contributed by atoms with van der Waals surface area (Å²) in [5, 5.41) is 3.91. The van der Waals surface area contributed by atoms with E-state index in [4.69, 9.17) is 0 Å². The molecule has 0 radical (unpaired) electrons. The molecule has 0 aliphatic heterocycles. The quantitative estimate of drug-likeness (QED) is 0.730. The van der Waals surface area contributed by atoms with Crippen LogP contribution in [0.4, 0.5) is 0 Å². The monoisotopic (exact) mass is 207 g/mol. The molecule has 3 rings (SSSR count). The lowest BCUT2D eigenvalue weighted by Gasteiger charge is -2.20. The highest BCUT2D eigenvalue weighted by Gasteiger charge is 2.41. The molecule has 0 amide bonds. The number of rotatable bonds is 5. The minimum atomic E-state index is 0.918. The first-order valence-corrected chi connectivity index (χ1v) is 7.06. The van der Waals surface area contributed by atoms with Gasteiger partial charge < -0.3 is 5.32 Å². The molecule has 3 aliphatic rings. The van der Waals surface area contributed by atoms with Crippen molar-refractivity contribution in [2.75, 3.05) is 6.54 Å². The molecule has 0 spiro atoms. The fraction of sp³-hybridized carbons (Fsp3) is 1.00. The SMILES string of the molecule is CC1CCC(CNC(C2CC2)C2CC2)C1. The van der Waals surface area contributed by atoms with E-state index < -0.39 is 0 Å². The topological polar surface area (TPSA) is 12.0 Å². The van der Waals surface area contributed by atoms with Gasteiger partial charge in [0.25, 0.3) is 0 Å². The third-order valence-electron chi connectivity index (χ3n) is 4.71. The van der Waals surface area contributed by atoms with Crippen LogP contribution in [0, 0.1) is 23.7 Å². The van der Waals surface area contributed by atoms with Crippen molar-refractivity contribution in [2.24, 2.45) is 23.7 Å². The lowest BCUT2D eigenvalue weighted by Crippen LogP contribution is -2.36. The summed E-state index contributed by atoms with van der Waals surface area (Å²) in [7, 11) is 0. The normalized spacial score (nSPS) is 36.4. The number of hydrogen-bond acceptors (Lipinski definition) is 1. The van der Waals surface area contributed by atoms with Gasteiger partial charge in [0.05, 0.1) is 0 Å². The molecule has 0 aromatic heterocycles. The summed E-state index contributed by atoms with van der Waals surface area (Å²) in [6.07, 6.45) is 10.5. The van der Waals surface area contributed by atoms with Gasteiger partial charge in [-0.1, -0.05) is 13.3 Å². The van der Waals surface area contributed by atoms with Gasteiger partial charge in [0.1, 0.15) is 0 Å². The average Bonchev–Trinajstić information content (AvgIpc) is 3.09. The molecule has 0 aromatic carbocycles. The van der Waals surface area contributed by atoms with E-state index in [1.165, 1.54) is 51.5 Å². The second kappa shape index (κ2) is 4.08. The van der Waals surface area contributed by atoms with Gasteiger partial charge in [-0.3, -0.25) is 0 Å². The maximum Gasteiger partial charge on any atom is 0.0124 e. The van der Waals surface area contributed by atoms with E-state index in [0.29, 0.717) is 0 Å². The Bertz CT molecular complexity index is 205. The fourth-order valence-corrected chi connectivity index (χ4v) is 3.44. The van der Waals surface area contributed by atoms with Crippen LogP contribution in [0.25, 0.3) is 0 Å². The highest BCUT2D eigenvalue weighted by atomic mass is 14.9. The van der Waals surface area contributed by atoms with Crippen molar-refractivity contribution in [1.29, 1.82) is 0 Å². The van der Waals surface area contributed by atoms with Crippen molar-refractivity contribution >= 4 is 0 Å². The molecule has 1 nitrogen and oxygen atoms in total. The van der Waals surface area contributed by atoms with Crippen molar-refractivity contribution in [3.63, 3.8) is 0 Å². The van der Waals surface area contributed by atoms with Crippen LogP contribution < -0.4 is 5.32 Å². The Hall–Kier alpha value is -0.0400. The Morgan fingerprint density at radius 1 is 1.00 bits per heavy atom. The first-order valence-electron chi connectivity index (χ1n) is 7.06. The average molecular weight is 207 g/mol. The fourth-order valence-electron chi connectivity index (χ4n) is 3.44. The first-order chi connectivity index (χ1) is 7.33. The molecule has 2 atom stereocenters. The van der Waals surface area contributed by atoms with Crippen molar-refractivity contribution in [2.45, 2.75) is 57.9 Å². The third kappa shape index (κ3) is 2.55. The van der Waals surface area contributed by atoms with Crippen molar-refractivity contribution in [3.05, 3.63) is 0 Å².